The molecule has 2 aliphatic rings. The number of urea groups is 1. The number of carbonyl (C=O) groups is 1. The van der Waals surface area contributed by atoms with E-state index in [-0.39, 0.29) is 17.5 Å². The lowest BCUT2D eigenvalue weighted by Gasteiger charge is -2.14. The molecule has 0 spiro atoms. The Kier molecular flexibility index (Phi) is 3.73. The lowest BCUT2D eigenvalue weighted by Crippen LogP contribution is -2.36. The van der Waals surface area contributed by atoms with Gasteiger partial charge in [0.2, 0.25) is 10.0 Å². The van der Waals surface area contributed by atoms with Crippen molar-refractivity contribution in [1.82, 2.24) is 14.9 Å². The molecule has 21 heavy (non-hydrogen) atoms. The van der Waals surface area contributed by atoms with Gasteiger partial charge in [-0.2, -0.15) is 0 Å². The van der Waals surface area contributed by atoms with E-state index < -0.39 is 10.0 Å². The third-order valence-corrected chi connectivity index (χ3v) is 5.05. The molecule has 7 nitrogen and oxygen atoms in total. The predicted octanol–water partition coefficient (Wildman–Crippen LogP) is -0.0750. The Labute approximate surface area is 123 Å². The smallest absolute Gasteiger partial charge is 0.317 e. The van der Waals surface area contributed by atoms with Gasteiger partial charge in [-0.05, 0) is 23.8 Å². The number of nitrogens with zero attached hydrogens (tertiary/aromatic N) is 1. The Morgan fingerprint density at radius 2 is 2.24 bits per heavy atom. The fraction of sp³-hybridized carbons (Fsp3) is 0.462. The Balaban J connectivity index is 1.62. The van der Waals surface area contributed by atoms with Gasteiger partial charge in [-0.15, -0.1) is 0 Å². The molecule has 1 fully saturated rings. The van der Waals surface area contributed by atoms with Gasteiger partial charge in [0.1, 0.15) is 5.75 Å². The van der Waals surface area contributed by atoms with Crippen molar-refractivity contribution in [1.29, 1.82) is 0 Å². The minimum Gasteiger partial charge on any atom is -0.493 e. The minimum atomic E-state index is -3.55. The van der Waals surface area contributed by atoms with Crippen LogP contribution in [0.25, 0.3) is 0 Å². The number of hydrogen-bond donors (Lipinski definition) is 2. The van der Waals surface area contributed by atoms with Crippen LogP contribution in [0.4, 0.5) is 4.79 Å². The Morgan fingerprint density at radius 1 is 1.38 bits per heavy atom. The fourth-order valence-corrected chi connectivity index (χ4v) is 3.52. The van der Waals surface area contributed by atoms with Crippen LogP contribution in [-0.2, 0) is 16.4 Å². The highest BCUT2D eigenvalue weighted by Gasteiger charge is 2.21. The van der Waals surface area contributed by atoms with Crippen LogP contribution in [0.2, 0.25) is 0 Å². The number of hydrogen-bond acceptors (Lipinski definition) is 4. The van der Waals surface area contributed by atoms with E-state index in [0.29, 0.717) is 26.2 Å². The minimum absolute atomic E-state index is 0.149. The summed E-state index contributed by atoms with van der Waals surface area (Å²) in [6, 6.07) is 4.72. The zero-order valence-electron chi connectivity index (χ0n) is 11.5. The molecule has 0 unspecified atom stereocenters. The number of nitrogens with one attached hydrogen (secondary N) is 2. The topological polar surface area (TPSA) is 87.7 Å². The second kappa shape index (κ2) is 5.53. The van der Waals surface area contributed by atoms with E-state index in [1.807, 2.05) is 0 Å². The van der Waals surface area contributed by atoms with Gasteiger partial charge in [0.15, 0.2) is 0 Å². The average molecular weight is 311 g/mol. The molecule has 0 saturated carbocycles. The van der Waals surface area contributed by atoms with E-state index in [2.05, 4.69) is 10.0 Å². The second-order valence-corrected chi connectivity index (χ2v) is 6.75. The van der Waals surface area contributed by atoms with E-state index in [0.717, 1.165) is 17.7 Å². The Bertz CT molecular complexity index is 659. The number of rotatable bonds is 5. The first kappa shape index (κ1) is 14.2. The molecule has 1 aromatic rings. The molecular formula is C13H17N3O4S. The molecule has 0 atom stereocenters. The van der Waals surface area contributed by atoms with Gasteiger partial charge in [0, 0.05) is 32.6 Å². The molecule has 0 aliphatic carbocycles. The van der Waals surface area contributed by atoms with Gasteiger partial charge in [-0.25, -0.2) is 17.9 Å². The van der Waals surface area contributed by atoms with Crippen LogP contribution < -0.4 is 14.8 Å². The first-order chi connectivity index (χ1) is 10.1. The van der Waals surface area contributed by atoms with Gasteiger partial charge < -0.3 is 15.0 Å². The summed E-state index contributed by atoms with van der Waals surface area (Å²) in [5.74, 6) is 0.752. The van der Waals surface area contributed by atoms with Crippen molar-refractivity contribution in [3.63, 3.8) is 0 Å². The number of amides is 2. The molecule has 2 N–H and O–H groups in total. The van der Waals surface area contributed by atoms with Crippen LogP contribution in [0.15, 0.2) is 23.1 Å². The molecule has 8 heteroatoms. The number of benzene rings is 1. The zero-order valence-corrected chi connectivity index (χ0v) is 12.3. The highest BCUT2D eigenvalue weighted by Crippen LogP contribution is 2.27. The summed E-state index contributed by atoms with van der Waals surface area (Å²) in [6.45, 7) is 2.37. The van der Waals surface area contributed by atoms with Gasteiger partial charge in [0.05, 0.1) is 11.5 Å². The monoisotopic (exact) mass is 311 g/mol. The maximum absolute atomic E-state index is 12.2. The highest BCUT2D eigenvalue weighted by molar-refractivity contribution is 7.89. The fourth-order valence-electron chi connectivity index (χ4n) is 2.45. The molecule has 2 amide bonds. The number of fused-ring (bicyclic) bond motifs is 1. The summed E-state index contributed by atoms with van der Waals surface area (Å²) < 4.78 is 32.3. The van der Waals surface area contributed by atoms with Crippen molar-refractivity contribution >= 4 is 16.1 Å². The molecule has 114 valence electrons. The van der Waals surface area contributed by atoms with Crippen LogP contribution in [0.1, 0.15) is 5.56 Å². The van der Waals surface area contributed by atoms with Gasteiger partial charge >= 0.3 is 6.03 Å². The number of carbonyl (C=O) groups excluding carboxylic acids is 1. The Hall–Kier alpha value is -1.80. The summed E-state index contributed by atoms with van der Waals surface area (Å²) in [7, 11) is -3.55. The van der Waals surface area contributed by atoms with Crippen molar-refractivity contribution in [2.75, 3.05) is 32.8 Å². The number of ether oxygens (including phenoxy) is 1. The van der Waals surface area contributed by atoms with Crippen molar-refractivity contribution in [3.8, 4) is 5.75 Å². The van der Waals surface area contributed by atoms with E-state index in [1.54, 1.807) is 17.0 Å². The summed E-state index contributed by atoms with van der Waals surface area (Å²) in [5, 5.41) is 2.67. The van der Waals surface area contributed by atoms with Crippen molar-refractivity contribution in [3.05, 3.63) is 23.8 Å². The van der Waals surface area contributed by atoms with Gasteiger partial charge in [-0.1, -0.05) is 0 Å². The lowest BCUT2D eigenvalue weighted by molar-refractivity contribution is 0.218. The molecule has 1 saturated heterocycles. The first-order valence-electron chi connectivity index (χ1n) is 6.84. The molecule has 0 radical (unpaired) electrons. The van der Waals surface area contributed by atoms with Crippen molar-refractivity contribution < 1.29 is 17.9 Å². The van der Waals surface area contributed by atoms with Crippen molar-refractivity contribution in [2.45, 2.75) is 11.3 Å². The summed E-state index contributed by atoms with van der Waals surface area (Å²) in [6.07, 6.45) is 0.729. The SMILES string of the molecule is O=C1NCCN1CCNS(=O)(=O)c1ccc2c(c1)CCO2. The average Bonchev–Trinajstić information content (AvgIpc) is 3.07. The third kappa shape index (κ3) is 2.96. The third-order valence-electron chi connectivity index (χ3n) is 3.59. The van der Waals surface area contributed by atoms with Gasteiger partial charge in [0.25, 0.3) is 0 Å². The Morgan fingerprint density at radius 3 is 3.00 bits per heavy atom. The normalized spacial score (nSPS) is 17.5. The molecule has 2 aliphatic heterocycles. The van der Waals surface area contributed by atoms with Crippen molar-refractivity contribution in [2.24, 2.45) is 0 Å². The maximum Gasteiger partial charge on any atom is 0.317 e. The molecule has 0 aromatic heterocycles. The molecular weight excluding hydrogens is 294 g/mol. The van der Waals surface area contributed by atoms with E-state index in [4.69, 9.17) is 4.74 Å². The van der Waals surface area contributed by atoms with E-state index >= 15 is 0 Å². The second-order valence-electron chi connectivity index (χ2n) is 4.98. The van der Waals surface area contributed by atoms with Crippen LogP contribution in [-0.4, -0.2) is 52.1 Å². The zero-order chi connectivity index (χ0) is 14.9. The summed E-state index contributed by atoms with van der Waals surface area (Å²) >= 11 is 0. The van der Waals surface area contributed by atoms with Gasteiger partial charge in [-0.3, -0.25) is 0 Å². The van der Waals surface area contributed by atoms with Crippen LogP contribution in [0.5, 0.6) is 5.75 Å². The molecule has 3 rings (SSSR count). The van der Waals surface area contributed by atoms with Crippen LogP contribution in [0, 0.1) is 0 Å². The van der Waals surface area contributed by atoms with E-state index in [1.165, 1.54) is 6.07 Å². The largest absolute Gasteiger partial charge is 0.493 e. The first-order valence-corrected chi connectivity index (χ1v) is 8.33. The van der Waals surface area contributed by atoms with E-state index in [9.17, 15) is 13.2 Å². The lowest BCUT2D eigenvalue weighted by atomic mass is 10.2. The van der Waals surface area contributed by atoms with Crippen LogP contribution in [0.3, 0.4) is 0 Å². The molecule has 2 heterocycles. The highest BCUT2D eigenvalue weighted by atomic mass is 32.2. The summed E-state index contributed by atoms with van der Waals surface area (Å²) in [4.78, 5) is 13.2. The van der Waals surface area contributed by atoms with Crippen LogP contribution >= 0.6 is 0 Å². The standard InChI is InChI=1S/C13H17N3O4S/c17-13-14-4-6-16(13)7-5-15-21(18,19)11-1-2-12-10(9-11)3-8-20-12/h1-2,9,15H,3-8H2,(H,14,17). The maximum atomic E-state index is 12.2. The predicted molar refractivity (Wildman–Crippen MR) is 75.8 cm³/mol. The quantitative estimate of drug-likeness (QED) is 0.796. The molecule has 1 aromatic carbocycles. The molecule has 0 bridgehead atoms. The number of sulfonamides is 1. The summed E-state index contributed by atoms with van der Waals surface area (Å²) in [5.41, 5.74) is 0.914.